The first-order valence-electron chi connectivity index (χ1n) is 13.4. The van der Waals surface area contributed by atoms with Gasteiger partial charge in [-0.05, 0) is 74.6 Å². The van der Waals surface area contributed by atoms with E-state index in [0.717, 1.165) is 50.5 Å². The van der Waals surface area contributed by atoms with Crippen LogP contribution in [0.25, 0.3) is 0 Å². The number of ether oxygens (including phenoxy) is 1. The average Bonchev–Trinajstić information content (AvgIpc) is 3.77. The highest BCUT2D eigenvalue weighted by Gasteiger charge is 2.27. The van der Waals surface area contributed by atoms with E-state index in [1.165, 1.54) is 35.9 Å². The molecule has 3 aliphatic rings. The Kier molecular flexibility index (Phi) is 7.89. The number of rotatable bonds is 10. The van der Waals surface area contributed by atoms with Gasteiger partial charge in [0, 0.05) is 68.6 Å². The van der Waals surface area contributed by atoms with Gasteiger partial charge in [0.2, 0.25) is 5.95 Å². The molecule has 1 amide bonds. The maximum absolute atomic E-state index is 12.0. The number of hydrogen-bond acceptors (Lipinski definition) is 8. The van der Waals surface area contributed by atoms with Crippen LogP contribution < -0.4 is 15.5 Å². The van der Waals surface area contributed by atoms with E-state index in [2.05, 4.69) is 57.6 Å². The largest absolute Gasteiger partial charge is 0.418 e. The highest BCUT2D eigenvalue weighted by atomic mass is 16.5. The molecule has 1 saturated heterocycles. The second-order valence-corrected chi connectivity index (χ2v) is 9.91. The lowest BCUT2D eigenvalue weighted by Gasteiger charge is -2.34. The van der Waals surface area contributed by atoms with E-state index in [1.807, 2.05) is 6.20 Å². The van der Waals surface area contributed by atoms with Crippen molar-refractivity contribution in [2.75, 3.05) is 61.8 Å². The Bertz CT molecular complexity index is 1150. The molecule has 1 saturated carbocycles. The number of carbonyl (C=O) groups is 1. The molecule has 0 atom stereocenters. The standard InChI is InChI=1S/C28H37N7O2/c1-3-21-19-23(34-16-14-33(2)15-17-34)9-10-25(21)31-27-30-20-24(22-7-8-22)26(32-27)29-11-6-13-35-12-4-5-18-37-28(35)36/h4-5,9-10,12,18-20,22H,3,6-8,11,13-17H2,1-2H3,(H2,29,30,31,32). The number of benzene rings is 1. The Hall–Kier alpha value is -3.59. The molecule has 196 valence electrons. The Morgan fingerprint density at radius 1 is 1.14 bits per heavy atom. The Balaban J connectivity index is 1.24. The zero-order valence-corrected chi connectivity index (χ0v) is 21.8. The van der Waals surface area contributed by atoms with E-state index in [-0.39, 0.29) is 6.09 Å². The average molecular weight is 504 g/mol. The lowest BCUT2D eigenvalue weighted by atomic mass is 10.1. The van der Waals surface area contributed by atoms with Crippen LogP contribution in [-0.4, -0.2) is 72.2 Å². The minimum atomic E-state index is -0.359. The van der Waals surface area contributed by atoms with E-state index < -0.39 is 0 Å². The third kappa shape index (κ3) is 6.40. The van der Waals surface area contributed by atoms with Gasteiger partial charge < -0.3 is 25.2 Å². The minimum Gasteiger partial charge on any atom is -0.418 e. The smallest absolute Gasteiger partial charge is 0.418 e. The van der Waals surface area contributed by atoms with E-state index >= 15 is 0 Å². The molecule has 9 heteroatoms. The summed E-state index contributed by atoms with van der Waals surface area (Å²) in [4.78, 5) is 27.9. The molecule has 5 rings (SSSR count). The number of likely N-dealkylation sites (N-methyl/N-ethyl adjacent to an activating group) is 1. The summed E-state index contributed by atoms with van der Waals surface area (Å²) >= 11 is 0. The van der Waals surface area contributed by atoms with Gasteiger partial charge in [0.25, 0.3) is 0 Å². The highest BCUT2D eigenvalue weighted by molar-refractivity contribution is 5.70. The maximum atomic E-state index is 12.0. The maximum Gasteiger partial charge on any atom is 0.418 e. The van der Waals surface area contributed by atoms with Crippen molar-refractivity contribution in [2.24, 2.45) is 0 Å². The first-order valence-corrected chi connectivity index (χ1v) is 13.4. The molecule has 1 aromatic carbocycles. The van der Waals surface area contributed by atoms with Crippen molar-refractivity contribution >= 4 is 29.2 Å². The highest BCUT2D eigenvalue weighted by Crippen LogP contribution is 2.43. The minimum absolute atomic E-state index is 0.359. The summed E-state index contributed by atoms with van der Waals surface area (Å²) in [5.74, 6) is 2.00. The number of anilines is 4. The Morgan fingerprint density at radius 2 is 1.97 bits per heavy atom. The fourth-order valence-electron chi connectivity index (χ4n) is 4.71. The van der Waals surface area contributed by atoms with E-state index in [0.29, 0.717) is 25.0 Å². The lowest BCUT2D eigenvalue weighted by molar-refractivity contribution is 0.155. The topological polar surface area (TPSA) is 85.9 Å². The number of carbonyl (C=O) groups excluding carboxylic acids is 1. The summed E-state index contributed by atoms with van der Waals surface area (Å²) < 4.78 is 5.02. The van der Waals surface area contributed by atoms with Crippen molar-refractivity contribution in [1.29, 1.82) is 0 Å². The van der Waals surface area contributed by atoms with Crippen LogP contribution in [0.5, 0.6) is 0 Å². The second-order valence-electron chi connectivity index (χ2n) is 9.91. The second kappa shape index (κ2) is 11.6. The quantitative estimate of drug-likeness (QED) is 0.452. The molecule has 0 bridgehead atoms. The number of nitrogens with one attached hydrogen (secondary N) is 2. The van der Waals surface area contributed by atoms with Crippen LogP contribution in [0.1, 0.15) is 43.2 Å². The van der Waals surface area contributed by atoms with Crippen LogP contribution in [-0.2, 0) is 11.2 Å². The summed E-state index contributed by atoms with van der Waals surface area (Å²) in [5.41, 5.74) is 4.75. The molecular weight excluding hydrogens is 466 g/mol. The van der Waals surface area contributed by atoms with Crippen LogP contribution in [0, 0.1) is 0 Å². The van der Waals surface area contributed by atoms with Gasteiger partial charge in [-0.15, -0.1) is 0 Å². The van der Waals surface area contributed by atoms with Crippen LogP contribution >= 0.6 is 0 Å². The molecule has 9 nitrogen and oxygen atoms in total. The van der Waals surface area contributed by atoms with Gasteiger partial charge in [-0.25, -0.2) is 9.78 Å². The fourth-order valence-corrected chi connectivity index (χ4v) is 4.71. The molecule has 2 aromatic rings. The van der Waals surface area contributed by atoms with Gasteiger partial charge in [0.05, 0.1) is 6.26 Å². The molecule has 2 aliphatic heterocycles. The van der Waals surface area contributed by atoms with Crippen molar-refractivity contribution in [3.05, 3.63) is 60.1 Å². The molecule has 37 heavy (non-hydrogen) atoms. The summed E-state index contributed by atoms with van der Waals surface area (Å²) in [6, 6.07) is 6.64. The molecule has 0 unspecified atom stereocenters. The van der Waals surface area contributed by atoms with Crippen molar-refractivity contribution in [1.82, 2.24) is 19.8 Å². The number of allylic oxidation sites excluding steroid dienone is 2. The number of nitrogens with zero attached hydrogens (tertiary/aromatic N) is 5. The van der Waals surface area contributed by atoms with Crippen LogP contribution in [0.15, 0.2) is 49.0 Å². The summed E-state index contributed by atoms with van der Waals surface area (Å²) in [5, 5.41) is 6.96. The first kappa shape index (κ1) is 25.1. The number of amides is 1. The monoisotopic (exact) mass is 503 g/mol. The number of aromatic nitrogens is 2. The first-order chi connectivity index (χ1) is 18.1. The molecule has 1 aromatic heterocycles. The molecule has 0 spiro atoms. The van der Waals surface area contributed by atoms with Crippen molar-refractivity contribution in [2.45, 2.75) is 38.5 Å². The van der Waals surface area contributed by atoms with Crippen LogP contribution in [0.3, 0.4) is 0 Å². The van der Waals surface area contributed by atoms with Crippen LogP contribution in [0.2, 0.25) is 0 Å². The van der Waals surface area contributed by atoms with Crippen molar-refractivity contribution < 1.29 is 9.53 Å². The van der Waals surface area contributed by atoms with E-state index in [4.69, 9.17) is 9.72 Å². The third-order valence-electron chi connectivity index (χ3n) is 7.15. The number of aryl methyl sites for hydroxylation is 1. The number of cyclic esters (lactones) is 1. The van der Waals surface area contributed by atoms with Gasteiger partial charge in [0.15, 0.2) is 0 Å². The number of piperazine rings is 1. The summed E-state index contributed by atoms with van der Waals surface area (Å²) in [6.45, 7) is 7.74. The van der Waals surface area contributed by atoms with Crippen molar-refractivity contribution in [3.8, 4) is 0 Å². The van der Waals surface area contributed by atoms with Gasteiger partial charge in [0.1, 0.15) is 5.82 Å². The van der Waals surface area contributed by atoms with E-state index in [9.17, 15) is 4.79 Å². The predicted octanol–water partition coefficient (Wildman–Crippen LogP) is 4.69. The number of hydrogen-bond donors (Lipinski definition) is 2. The molecule has 2 N–H and O–H groups in total. The lowest BCUT2D eigenvalue weighted by Crippen LogP contribution is -2.44. The molecular formula is C28H37N7O2. The summed E-state index contributed by atoms with van der Waals surface area (Å²) in [7, 11) is 2.18. The normalized spacial score (nSPS) is 18.1. The molecule has 0 radical (unpaired) electrons. The van der Waals surface area contributed by atoms with Gasteiger partial charge in [-0.3, -0.25) is 4.90 Å². The van der Waals surface area contributed by atoms with Crippen molar-refractivity contribution in [3.63, 3.8) is 0 Å². The fraction of sp³-hybridized carbons (Fsp3) is 0.464. The zero-order valence-electron chi connectivity index (χ0n) is 21.8. The molecule has 2 fully saturated rings. The SMILES string of the molecule is CCc1cc(N2CCN(C)CC2)ccc1Nc1ncc(C2CC2)c(NCCCN2C=CC=COC2=O)n1. The van der Waals surface area contributed by atoms with Gasteiger partial charge in [-0.2, -0.15) is 4.98 Å². The van der Waals surface area contributed by atoms with E-state index in [1.54, 1.807) is 23.3 Å². The molecule has 3 heterocycles. The Labute approximate surface area is 219 Å². The Morgan fingerprint density at radius 3 is 2.76 bits per heavy atom. The third-order valence-corrected chi connectivity index (χ3v) is 7.15. The summed E-state index contributed by atoms with van der Waals surface area (Å²) in [6.07, 6.45) is 12.3. The van der Waals surface area contributed by atoms with Gasteiger partial charge >= 0.3 is 6.09 Å². The molecule has 1 aliphatic carbocycles. The zero-order chi connectivity index (χ0) is 25.6. The predicted molar refractivity (Wildman–Crippen MR) is 147 cm³/mol. The van der Waals surface area contributed by atoms with Crippen LogP contribution in [0.4, 0.5) is 27.9 Å². The van der Waals surface area contributed by atoms with Gasteiger partial charge in [-0.1, -0.05) is 6.92 Å².